The highest BCUT2D eigenvalue weighted by atomic mass is 32.1. The largest absolute Gasteiger partial charge is 0.173 e. The van der Waals surface area contributed by atoms with Gasteiger partial charge in [-0.15, -0.1) is 0 Å². The van der Waals surface area contributed by atoms with Crippen LogP contribution >= 0.6 is 12.6 Å². The fourth-order valence-electron chi connectivity index (χ4n) is 1.90. The second-order valence-corrected chi connectivity index (χ2v) is 6.47. The standard InChI is InChI=1S/C15H24S/c1-4-5-6-7-13-8-10-14(11-9-13)12-15(2,3)16/h8-11,16H,4-7,12H2,1-3H3. The third kappa shape index (κ3) is 5.60. The highest BCUT2D eigenvalue weighted by Gasteiger charge is 2.11. The van der Waals surface area contributed by atoms with Crippen LogP contribution in [0.2, 0.25) is 0 Å². The molecule has 0 unspecified atom stereocenters. The van der Waals surface area contributed by atoms with Crippen molar-refractivity contribution in [1.29, 1.82) is 0 Å². The van der Waals surface area contributed by atoms with E-state index < -0.39 is 0 Å². The number of hydrogen-bond donors (Lipinski definition) is 1. The normalized spacial score (nSPS) is 11.8. The van der Waals surface area contributed by atoms with Crippen LogP contribution in [0.3, 0.4) is 0 Å². The molecule has 1 aromatic carbocycles. The van der Waals surface area contributed by atoms with Gasteiger partial charge in [0.2, 0.25) is 0 Å². The molecule has 0 fully saturated rings. The van der Waals surface area contributed by atoms with Crippen LogP contribution in [-0.2, 0) is 12.8 Å². The van der Waals surface area contributed by atoms with Crippen molar-refractivity contribution in [3.05, 3.63) is 35.4 Å². The molecule has 0 radical (unpaired) electrons. The summed E-state index contributed by atoms with van der Waals surface area (Å²) < 4.78 is 0.0870. The molecule has 1 aromatic rings. The summed E-state index contributed by atoms with van der Waals surface area (Å²) in [5.74, 6) is 0. The molecule has 0 atom stereocenters. The first kappa shape index (κ1) is 13.6. The minimum atomic E-state index is 0.0870. The summed E-state index contributed by atoms with van der Waals surface area (Å²) in [5.41, 5.74) is 2.86. The lowest BCUT2D eigenvalue weighted by molar-refractivity contribution is 0.709. The van der Waals surface area contributed by atoms with E-state index in [2.05, 4.69) is 57.7 Å². The van der Waals surface area contributed by atoms with E-state index in [0.717, 1.165) is 6.42 Å². The van der Waals surface area contributed by atoms with E-state index in [1.807, 2.05) is 0 Å². The molecular weight excluding hydrogens is 212 g/mol. The van der Waals surface area contributed by atoms with Crippen molar-refractivity contribution in [2.75, 3.05) is 0 Å². The molecule has 0 bridgehead atoms. The van der Waals surface area contributed by atoms with Gasteiger partial charge in [-0.25, -0.2) is 0 Å². The van der Waals surface area contributed by atoms with Crippen molar-refractivity contribution in [1.82, 2.24) is 0 Å². The SMILES string of the molecule is CCCCCc1ccc(CC(C)(C)S)cc1. The maximum atomic E-state index is 4.56. The van der Waals surface area contributed by atoms with E-state index in [0.29, 0.717) is 0 Å². The van der Waals surface area contributed by atoms with Crippen molar-refractivity contribution in [2.45, 2.75) is 57.6 Å². The molecular formula is C15H24S. The Hall–Kier alpha value is -0.430. The summed E-state index contributed by atoms with van der Waals surface area (Å²) >= 11 is 4.56. The van der Waals surface area contributed by atoms with Crippen LogP contribution in [0.15, 0.2) is 24.3 Å². The lowest BCUT2D eigenvalue weighted by atomic mass is 9.99. The summed E-state index contributed by atoms with van der Waals surface area (Å²) in [6, 6.07) is 9.04. The Morgan fingerprint density at radius 3 is 2.06 bits per heavy atom. The van der Waals surface area contributed by atoms with E-state index >= 15 is 0 Å². The predicted molar refractivity (Wildman–Crippen MR) is 76.4 cm³/mol. The van der Waals surface area contributed by atoms with Crippen LogP contribution < -0.4 is 0 Å². The van der Waals surface area contributed by atoms with Gasteiger partial charge in [0.15, 0.2) is 0 Å². The molecule has 0 aromatic heterocycles. The Morgan fingerprint density at radius 2 is 1.56 bits per heavy atom. The molecule has 0 aliphatic rings. The molecule has 0 N–H and O–H groups in total. The van der Waals surface area contributed by atoms with Gasteiger partial charge in [0.05, 0.1) is 0 Å². The minimum Gasteiger partial charge on any atom is -0.173 e. The highest BCUT2D eigenvalue weighted by molar-refractivity contribution is 7.81. The number of hydrogen-bond acceptors (Lipinski definition) is 1. The van der Waals surface area contributed by atoms with E-state index in [4.69, 9.17) is 0 Å². The van der Waals surface area contributed by atoms with Crippen molar-refractivity contribution in [3.8, 4) is 0 Å². The first-order valence-corrected chi connectivity index (χ1v) is 6.76. The maximum absolute atomic E-state index is 4.56. The molecule has 0 saturated heterocycles. The topological polar surface area (TPSA) is 0 Å². The van der Waals surface area contributed by atoms with Crippen molar-refractivity contribution < 1.29 is 0 Å². The summed E-state index contributed by atoms with van der Waals surface area (Å²) in [4.78, 5) is 0. The molecule has 0 aliphatic heterocycles. The number of benzene rings is 1. The second-order valence-electron chi connectivity index (χ2n) is 5.26. The fraction of sp³-hybridized carbons (Fsp3) is 0.600. The van der Waals surface area contributed by atoms with Gasteiger partial charge >= 0.3 is 0 Å². The molecule has 0 heterocycles. The molecule has 0 spiro atoms. The van der Waals surface area contributed by atoms with E-state index in [-0.39, 0.29) is 4.75 Å². The number of thiol groups is 1. The van der Waals surface area contributed by atoms with Crippen LogP contribution in [0.5, 0.6) is 0 Å². The molecule has 0 amide bonds. The Kier molecular flexibility index (Phi) is 5.40. The number of aryl methyl sites for hydroxylation is 1. The Bertz CT molecular complexity index is 292. The summed E-state index contributed by atoms with van der Waals surface area (Å²) in [6.45, 7) is 6.56. The van der Waals surface area contributed by atoms with Gasteiger partial charge in [0.1, 0.15) is 0 Å². The molecule has 0 saturated carbocycles. The highest BCUT2D eigenvalue weighted by Crippen LogP contribution is 2.19. The first-order valence-electron chi connectivity index (χ1n) is 6.31. The minimum absolute atomic E-state index is 0.0870. The maximum Gasteiger partial charge on any atom is 0.0113 e. The third-order valence-electron chi connectivity index (χ3n) is 2.73. The molecule has 1 rings (SSSR count). The molecule has 90 valence electrons. The van der Waals surface area contributed by atoms with Crippen LogP contribution in [-0.4, -0.2) is 4.75 Å². The zero-order valence-electron chi connectivity index (χ0n) is 10.8. The lowest BCUT2D eigenvalue weighted by Gasteiger charge is -2.17. The summed E-state index contributed by atoms with van der Waals surface area (Å²) in [7, 11) is 0. The van der Waals surface area contributed by atoms with Gasteiger partial charge in [0.25, 0.3) is 0 Å². The average molecular weight is 236 g/mol. The van der Waals surface area contributed by atoms with Crippen molar-refractivity contribution in [3.63, 3.8) is 0 Å². The smallest absolute Gasteiger partial charge is 0.0113 e. The molecule has 0 aliphatic carbocycles. The van der Waals surface area contributed by atoms with Crippen molar-refractivity contribution >= 4 is 12.6 Å². The predicted octanol–water partition coefficient (Wildman–Crippen LogP) is 4.67. The van der Waals surface area contributed by atoms with Crippen molar-refractivity contribution in [2.24, 2.45) is 0 Å². The summed E-state index contributed by atoms with van der Waals surface area (Å²) in [5, 5.41) is 0. The molecule has 1 heteroatoms. The zero-order chi connectivity index (χ0) is 12.0. The van der Waals surface area contributed by atoms with Crippen LogP contribution in [0.25, 0.3) is 0 Å². The monoisotopic (exact) mass is 236 g/mol. The number of unbranched alkanes of at least 4 members (excludes halogenated alkanes) is 2. The molecule has 0 nitrogen and oxygen atoms in total. The Labute approximate surface area is 106 Å². The Balaban J connectivity index is 2.48. The van der Waals surface area contributed by atoms with Gasteiger partial charge in [-0.05, 0) is 30.4 Å². The second kappa shape index (κ2) is 6.34. The lowest BCUT2D eigenvalue weighted by Crippen LogP contribution is -2.14. The van der Waals surface area contributed by atoms with Gasteiger partial charge in [0, 0.05) is 4.75 Å². The van der Waals surface area contributed by atoms with Gasteiger partial charge < -0.3 is 0 Å². The zero-order valence-corrected chi connectivity index (χ0v) is 11.7. The van der Waals surface area contributed by atoms with Crippen LogP contribution in [0.4, 0.5) is 0 Å². The average Bonchev–Trinajstić information content (AvgIpc) is 2.19. The van der Waals surface area contributed by atoms with E-state index in [1.165, 1.54) is 36.8 Å². The quantitative estimate of drug-likeness (QED) is 0.538. The first-order chi connectivity index (χ1) is 7.51. The molecule has 16 heavy (non-hydrogen) atoms. The van der Waals surface area contributed by atoms with E-state index in [1.54, 1.807) is 0 Å². The van der Waals surface area contributed by atoms with Crippen LogP contribution in [0.1, 0.15) is 51.2 Å². The number of rotatable bonds is 6. The van der Waals surface area contributed by atoms with Gasteiger partial charge in [-0.3, -0.25) is 0 Å². The fourth-order valence-corrected chi connectivity index (χ4v) is 2.09. The van der Waals surface area contributed by atoms with E-state index in [9.17, 15) is 0 Å². The summed E-state index contributed by atoms with van der Waals surface area (Å²) in [6.07, 6.45) is 6.20. The van der Waals surface area contributed by atoms with Crippen LogP contribution in [0, 0.1) is 0 Å². The Morgan fingerprint density at radius 1 is 1.00 bits per heavy atom. The van der Waals surface area contributed by atoms with Gasteiger partial charge in [-0.2, -0.15) is 12.6 Å². The third-order valence-corrected chi connectivity index (χ3v) is 2.89. The van der Waals surface area contributed by atoms with Gasteiger partial charge in [-0.1, -0.05) is 57.9 Å².